The van der Waals surface area contributed by atoms with Crippen LogP contribution in [0.15, 0.2) is 18.2 Å². The number of hydrogen-bond acceptors (Lipinski definition) is 2. The van der Waals surface area contributed by atoms with E-state index in [0.717, 1.165) is 12.8 Å². The van der Waals surface area contributed by atoms with Crippen molar-refractivity contribution >= 4 is 5.91 Å². The SMILES string of the molecule is CC(N)c1ccc(C(=O)N2C(C)CCC2C)cc1F. The molecule has 104 valence electrons. The van der Waals surface area contributed by atoms with E-state index in [2.05, 4.69) is 0 Å². The summed E-state index contributed by atoms with van der Waals surface area (Å²) in [7, 11) is 0. The van der Waals surface area contributed by atoms with Crippen molar-refractivity contribution in [3.05, 3.63) is 35.1 Å². The third-order valence-electron chi connectivity index (χ3n) is 3.92. The molecule has 0 aromatic heterocycles. The second-order valence-electron chi connectivity index (χ2n) is 5.51. The number of nitrogens with two attached hydrogens (primary N) is 1. The van der Waals surface area contributed by atoms with Gasteiger partial charge in [0.2, 0.25) is 0 Å². The van der Waals surface area contributed by atoms with Gasteiger partial charge in [-0.2, -0.15) is 0 Å². The normalized spacial score (nSPS) is 24.6. The van der Waals surface area contributed by atoms with Crippen molar-refractivity contribution in [1.29, 1.82) is 0 Å². The van der Waals surface area contributed by atoms with Crippen molar-refractivity contribution in [2.24, 2.45) is 5.73 Å². The van der Waals surface area contributed by atoms with E-state index in [1.165, 1.54) is 6.07 Å². The summed E-state index contributed by atoms with van der Waals surface area (Å²) in [6, 6.07) is 4.66. The van der Waals surface area contributed by atoms with Gasteiger partial charge in [0.05, 0.1) is 0 Å². The van der Waals surface area contributed by atoms with Crippen molar-refractivity contribution in [2.75, 3.05) is 0 Å². The highest BCUT2D eigenvalue weighted by Gasteiger charge is 2.32. The molecule has 3 atom stereocenters. The molecule has 1 fully saturated rings. The Morgan fingerprint density at radius 1 is 1.37 bits per heavy atom. The van der Waals surface area contributed by atoms with Gasteiger partial charge in [0.1, 0.15) is 5.82 Å². The minimum Gasteiger partial charge on any atom is -0.333 e. The number of rotatable bonds is 2. The number of likely N-dealkylation sites (tertiary alicyclic amines) is 1. The zero-order chi connectivity index (χ0) is 14.2. The summed E-state index contributed by atoms with van der Waals surface area (Å²) in [6.07, 6.45) is 2.01. The van der Waals surface area contributed by atoms with Crippen molar-refractivity contribution < 1.29 is 9.18 Å². The van der Waals surface area contributed by atoms with E-state index in [0.29, 0.717) is 11.1 Å². The maximum atomic E-state index is 13.9. The first-order valence-electron chi connectivity index (χ1n) is 6.79. The van der Waals surface area contributed by atoms with E-state index in [1.54, 1.807) is 19.1 Å². The van der Waals surface area contributed by atoms with Gasteiger partial charge in [-0.3, -0.25) is 4.79 Å². The van der Waals surface area contributed by atoms with Crippen LogP contribution in [0.5, 0.6) is 0 Å². The minimum atomic E-state index is -0.402. The van der Waals surface area contributed by atoms with Gasteiger partial charge in [-0.05, 0) is 45.7 Å². The summed E-state index contributed by atoms with van der Waals surface area (Å²) in [5.41, 5.74) is 6.52. The summed E-state index contributed by atoms with van der Waals surface area (Å²) < 4.78 is 13.9. The van der Waals surface area contributed by atoms with Crippen LogP contribution in [0, 0.1) is 5.82 Å². The van der Waals surface area contributed by atoms with Crippen LogP contribution in [0.25, 0.3) is 0 Å². The number of carbonyl (C=O) groups is 1. The van der Waals surface area contributed by atoms with Crippen LogP contribution in [0.4, 0.5) is 4.39 Å². The lowest BCUT2D eigenvalue weighted by molar-refractivity contribution is 0.0692. The van der Waals surface area contributed by atoms with Crippen LogP contribution in [-0.2, 0) is 0 Å². The molecule has 0 saturated carbocycles. The number of halogens is 1. The predicted molar refractivity (Wildman–Crippen MR) is 73.3 cm³/mol. The molecule has 0 radical (unpaired) electrons. The van der Waals surface area contributed by atoms with Crippen LogP contribution >= 0.6 is 0 Å². The van der Waals surface area contributed by atoms with Crippen LogP contribution in [0.2, 0.25) is 0 Å². The second-order valence-corrected chi connectivity index (χ2v) is 5.51. The Bertz CT molecular complexity index is 477. The summed E-state index contributed by atoms with van der Waals surface area (Å²) in [6.45, 7) is 5.80. The molecule has 2 N–H and O–H groups in total. The Morgan fingerprint density at radius 2 is 1.95 bits per heavy atom. The molecule has 1 aliphatic heterocycles. The van der Waals surface area contributed by atoms with Gasteiger partial charge in [-0.1, -0.05) is 6.07 Å². The molecule has 0 spiro atoms. The highest BCUT2D eigenvalue weighted by Crippen LogP contribution is 2.26. The monoisotopic (exact) mass is 264 g/mol. The largest absolute Gasteiger partial charge is 0.333 e. The van der Waals surface area contributed by atoms with E-state index in [9.17, 15) is 9.18 Å². The van der Waals surface area contributed by atoms with Crippen LogP contribution in [0.1, 0.15) is 55.6 Å². The van der Waals surface area contributed by atoms with Gasteiger partial charge < -0.3 is 10.6 Å². The van der Waals surface area contributed by atoms with Gasteiger partial charge in [0.25, 0.3) is 5.91 Å². The third kappa shape index (κ3) is 2.63. The molecule has 4 heteroatoms. The van der Waals surface area contributed by atoms with Gasteiger partial charge >= 0.3 is 0 Å². The number of amides is 1. The maximum Gasteiger partial charge on any atom is 0.254 e. The molecule has 1 aromatic carbocycles. The van der Waals surface area contributed by atoms with Crippen LogP contribution in [-0.4, -0.2) is 22.9 Å². The molecule has 1 amide bonds. The lowest BCUT2D eigenvalue weighted by Gasteiger charge is -2.26. The quantitative estimate of drug-likeness (QED) is 0.892. The van der Waals surface area contributed by atoms with E-state index >= 15 is 0 Å². The number of carbonyl (C=O) groups excluding carboxylic acids is 1. The molecule has 1 aromatic rings. The van der Waals surface area contributed by atoms with Crippen LogP contribution < -0.4 is 5.73 Å². The summed E-state index contributed by atoms with van der Waals surface area (Å²) in [4.78, 5) is 14.3. The summed E-state index contributed by atoms with van der Waals surface area (Å²) in [5, 5.41) is 0. The fraction of sp³-hybridized carbons (Fsp3) is 0.533. The number of benzene rings is 1. The molecule has 3 unspecified atom stereocenters. The Morgan fingerprint density at radius 3 is 2.42 bits per heavy atom. The summed E-state index contributed by atoms with van der Waals surface area (Å²) in [5.74, 6) is -0.493. The van der Waals surface area contributed by atoms with Crippen molar-refractivity contribution in [1.82, 2.24) is 4.90 Å². The van der Waals surface area contributed by atoms with Crippen LogP contribution in [0.3, 0.4) is 0 Å². The van der Waals surface area contributed by atoms with Gasteiger partial charge in [-0.25, -0.2) is 4.39 Å². The minimum absolute atomic E-state index is 0.0902. The highest BCUT2D eigenvalue weighted by atomic mass is 19.1. The predicted octanol–water partition coefficient (Wildman–Crippen LogP) is 2.86. The molecule has 1 aliphatic rings. The first-order valence-corrected chi connectivity index (χ1v) is 6.79. The highest BCUT2D eigenvalue weighted by molar-refractivity contribution is 5.94. The van der Waals surface area contributed by atoms with Gasteiger partial charge in [-0.15, -0.1) is 0 Å². The number of nitrogens with zero attached hydrogens (tertiary/aromatic N) is 1. The first kappa shape index (κ1) is 14.0. The van der Waals surface area contributed by atoms with Gasteiger partial charge in [0.15, 0.2) is 0 Å². The Hall–Kier alpha value is -1.42. The van der Waals surface area contributed by atoms with E-state index in [4.69, 9.17) is 5.73 Å². The fourth-order valence-corrected chi connectivity index (χ4v) is 2.77. The molecule has 1 saturated heterocycles. The molecule has 19 heavy (non-hydrogen) atoms. The molecule has 0 bridgehead atoms. The average Bonchev–Trinajstić information content (AvgIpc) is 2.67. The van der Waals surface area contributed by atoms with Crippen molar-refractivity contribution in [3.63, 3.8) is 0 Å². The van der Waals surface area contributed by atoms with Crippen molar-refractivity contribution in [3.8, 4) is 0 Å². The first-order chi connectivity index (χ1) is 8.91. The number of hydrogen-bond donors (Lipinski definition) is 1. The summed E-state index contributed by atoms with van der Waals surface area (Å²) >= 11 is 0. The molecular formula is C15H21FN2O. The lowest BCUT2D eigenvalue weighted by atomic mass is 10.0. The zero-order valence-corrected chi connectivity index (χ0v) is 11.7. The Labute approximate surface area is 113 Å². The average molecular weight is 264 g/mol. The smallest absolute Gasteiger partial charge is 0.254 e. The zero-order valence-electron chi connectivity index (χ0n) is 11.7. The molecule has 3 nitrogen and oxygen atoms in total. The maximum absolute atomic E-state index is 13.9. The Balaban J connectivity index is 2.27. The standard InChI is InChI=1S/C15H21FN2O/c1-9-4-5-10(2)18(9)15(19)12-6-7-13(11(3)17)14(16)8-12/h6-11H,4-5,17H2,1-3H3. The van der Waals surface area contributed by atoms with Gasteiger partial charge in [0, 0.05) is 29.3 Å². The topological polar surface area (TPSA) is 46.3 Å². The molecule has 2 rings (SSSR count). The second kappa shape index (κ2) is 5.29. The van der Waals surface area contributed by atoms with E-state index in [1.807, 2.05) is 18.7 Å². The molecular weight excluding hydrogens is 243 g/mol. The van der Waals surface area contributed by atoms with E-state index < -0.39 is 5.82 Å². The Kier molecular flexibility index (Phi) is 3.90. The lowest BCUT2D eigenvalue weighted by Crippen LogP contribution is -2.38. The van der Waals surface area contributed by atoms with E-state index in [-0.39, 0.29) is 24.0 Å². The molecule has 0 aliphatic carbocycles. The molecule has 1 heterocycles. The third-order valence-corrected chi connectivity index (χ3v) is 3.92. The van der Waals surface area contributed by atoms with Crippen molar-refractivity contribution in [2.45, 2.75) is 51.7 Å². The fourth-order valence-electron chi connectivity index (χ4n) is 2.77.